The monoisotopic (exact) mass is 420 g/mol. The van der Waals surface area contributed by atoms with Crippen molar-refractivity contribution in [2.24, 2.45) is 0 Å². The van der Waals surface area contributed by atoms with Gasteiger partial charge >= 0.3 is 5.97 Å². The van der Waals surface area contributed by atoms with E-state index in [4.69, 9.17) is 27.9 Å². The number of halogens is 2. The molecule has 1 aliphatic heterocycles. The number of nitrogens with zero attached hydrogens (tertiary/aromatic N) is 1. The number of amides is 2. The van der Waals surface area contributed by atoms with Crippen molar-refractivity contribution in [3.63, 3.8) is 0 Å². The Morgan fingerprint density at radius 3 is 2.50 bits per heavy atom. The van der Waals surface area contributed by atoms with Crippen molar-refractivity contribution in [3.05, 3.63) is 63.6 Å². The van der Waals surface area contributed by atoms with Crippen LogP contribution in [0.2, 0.25) is 10.0 Å². The van der Waals surface area contributed by atoms with E-state index in [-0.39, 0.29) is 25.2 Å². The first-order valence-corrected chi connectivity index (χ1v) is 9.47. The standard InChI is InChI=1S/C20H18Cl2N2O4/c1-2-24(11-17(25)23-18-14(21)8-5-9-15(18)22)19(26)16-10-12-6-3-4-7-13(12)20(27)28-16/h3-9,16H,2,10-11H2,1H3,(H,23,25). The molecular formula is C20H18Cl2N2O4. The van der Waals surface area contributed by atoms with Crippen LogP contribution in [-0.4, -0.2) is 41.9 Å². The van der Waals surface area contributed by atoms with E-state index in [2.05, 4.69) is 5.32 Å². The Kier molecular flexibility index (Phi) is 6.21. The molecule has 8 heteroatoms. The second kappa shape index (κ2) is 8.63. The van der Waals surface area contributed by atoms with Crippen LogP contribution in [0, 0.1) is 0 Å². The summed E-state index contributed by atoms with van der Waals surface area (Å²) in [6, 6.07) is 11.9. The number of esters is 1. The molecule has 1 aliphatic rings. The fourth-order valence-corrected chi connectivity index (χ4v) is 3.48. The van der Waals surface area contributed by atoms with Gasteiger partial charge in [-0.3, -0.25) is 9.59 Å². The smallest absolute Gasteiger partial charge is 0.339 e. The molecule has 146 valence electrons. The summed E-state index contributed by atoms with van der Waals surface area (Å²) in [4.78, 5) is 38.7. The molecule has 1 heterocycles. The molecule has 0 bridgehead atoms. The predicted octanol–water partition coefficient (Wildman–Crippen LogP) is 3.56. The number of cyclic esters (lactones) is 1. The van der Waals surface area contributed by atoms with E-state index in [9.17, 15) is 14.4 Å². The van der Waals surface area contributed by atoms with Gasteiger partial charge in [0.05, 0.1) is 27.8 Å². The second-order valence-corrected chi connectivity index (χ2v) is 7.07. The summed E-state index contributed by atoms with van der Waals surface area (Å²) in [7, 11) is 0. The van der Waals surface area contributed by atoms with E-state index < -0.39 is 23.9 Å². The number of rotatable bonds is 5. The highest BCUT2D eigenvalue weighted by atomic mass is 35.5. The molecule has 3 rings (SSSR count). The number of benzene rings is 2. The lowest BCUT2D eigenvalue weighted by Crippen LogP contribution is -2.47. The quantitative estimate of drug-likeness (QED) is 0.750. The molecule has 0 radical (unpaired) electrons. The molecule has 0 saturated heterocycles. The summed E-state index contributed by atoms with van der Waals surface area (Å²) < 4.78 is 5.29. The Morgan fingerprint density at radius 2 is 1.82 bits per heavy atom. The molecule has 0 saturated carbocycles. The number of ether oxygens (including phenoxy) is 1. The molecule has 2 aromatic rings. The van der Waals surface area contributed by atoms with E-state index in [1.54, 1.807) is 49.4 Å². The summed E-state index contributed by atoms with van der Waals surface area (Å²) in [6.45, 7) is 1.80. The lowest BCUT2D eigenvalue weighted by molar-refractivity contribution is -0.143. The Morgan fingerprint density at radius 1 is 1.14 bits per heavy atom. The van der Waals surface area contributed by atoms with Crippen molar-refractivity contribution >= 4 is 46.7 Å². The van der Waals surface area contributed by atoms with Crippen molar-refractivity contribution in [2.45, 2.75) is 19.4 Å². The van der Waals surface area contributed by atoms with E-state index in [0.717, 1.165) is 5.56 Å². The summed E-state index contributed by atoms with van der Waals surface area (Å²) in [5.74, 6) is -1.41. The topological polar surface area (TPSA) is 75.7 Å². The number of hydrogen-bond donors (Lipinski definition) is 1. The predicted molar refractivity (Wildman–Crippen MR) is 107 cm³/mol. The highest BCUT2D eigenvalue weighted by molar-refractivity contribution is 6.39. The number of fused-ring (bicyclic) bond motifs is 1. The first-order chi connectivity index (χ1) is 13.4. The van der Waals surface area contributed by atoms with Crippen LogP contribution < -0.4 is 5.32 Å². The normalized spacial score (nSPS) is 15.4. The fraction of sp³-hybridized carbons (Fsp3) is 0.250. The number of para-hydroxylation sites is 1. The minimum Gasteiger partial charge on any atom is -0.448 e. The number of carbonyl (C=O) groups excluding carboxylic acids is 3. The van der Waals surface area contributed by atoms with Gasteiger partial charge in [-0.25, -0.2) is 4.79 Å². The molecule has 0 aliphatic carbocycles. The lowest BCUT2D eigenvalue weighted by Gasteiger charge is -2.29. The average molecular weight is 421 g/mol. The lowest BCUT2D eigenvalue weighted by atomic mass is 9.98. The van der Waals surface area contributed by atoms with Crippen molar-refractivity contribution in [2.75, 3.05) is 18.4 Å². The maximum Gasteiger partial charge on any atom is 0.339 e. The summed E-state index contributed by atoms with van der Waals surface area (Å²) in [5.41, 5.74) is 1.50. The van der Waals surface area contributed by atoms with Gasteiger partial charge in [-0.05, 0) is 30.7 Å². The van der Waals surface area contributed by atoms with Gasteiger partial charge in [0.15, 0.2) is 6.10 Å². The molecule has 28 heavy (non-hydrogen) atoms. The maximum absolute atomic E-state index is 12.8. The Bertz CT molecular complexity index is 912. The van der Waals surface area contributed by atoms with Gasteiger partial charge in [0.1, 0.15) is 0 Å². The molecular weight excluding hydrogens is 403 g/mol. The zero-order chi connectivity index (χ0) is 20.3. The van der Waals surface area contributed by atoms with Gasteiger partial charge in [-0.1, -0.05) is 47.5 Å². The van der Waals surface area contributed by atoms with Crippen LogP contribution in [0.15, 0.2) is 42.5 Å². The highest BCUT2D eigenvalue weighted by Gasteiger charge is 2.34. The largest absolute Gasteiger partial charge is 0.448 e. The van der Waals surface area contributed by atoms with Gasteiger partial charge in [-0.2, -0.15) is 0 Å². The molecule has 2 aromatic carbocycles. The first kappa shape index (κ1) is 20.2. The van der Waals surface area contributed by atoms with Gasteiger partial charge in [0.25, 0.3) is 5.91 Å². The van der Waals surface area contributed by atoms with Gasteiger partial charge in [-0.15, -0.1) is 0 Å². The minimum atomic E-state index is -0.959. The molecule has 0 aromatic heterocycles. The third kappa shape index (κ3) is 4.29. The van der Waals surface area contributed by atoms with Crippen LogP contribution in [0.3, 0.4) is 0 Å². The molecule has 0 spiro atoms. The third-order valence-electron chi connectivity index (χ3n) is 4.42. The average Bonchev–Trinajstić information content (AvgIpc) is 2.68. The number of carbonyl (C=O) groups is 3. The van der Waals surface area contributed by atoms with Crippen LogP contribution in [0.1, 0.15) is 22.8 Å². The minimum absolute atomic E-state index is 0.216. The fourth-order valence-electron chi connectivity index (χ4n) is 2.99. The molecule has 2 amide bonds. The molecule has 1 N–H and O–H groups in total. The summed E-state index contributed by atoms with van der Waals surface area (Å²) >= 11 is 12.1. The summed E-state index contributed by atoms with van der Waals surface area (Å²) in [5, 5.41) is 3.22. The number of hydrogen-bond acceptors (Lipinski definition) is 4. The van der Waals surface area contributed by atoms with E-state index in [1.165, 1.54) is 4.90 Å². The van der Waals surface area contributed by atoms with Crippen molar-refractivity contribution in [1.82, 2.24) is 4.90 Å². The second-order valence-electron chi connectivity index (χ2n) is 6.25. The third-order valence-corrected chi connectivity index (χ3v) is 5.05. The van der Waals surface area contributed by atoms with E-state index >= 15 is 0 Å². The van der Waals surface area contributed by atoms with E-state index in [0.29, 0.717) is 15.6 Å². The zero-order valence-electron chi connectivity index (χ0n) is 15.1. The van der Waals surface area contributed by atoms with Crippen LogP contribution >= 0.6 is 23.2 Å². The molecule has 1 atom stereocenters. The molecule has 1 unspecified atom stereocenters. The molecule has 6 nitrogen and oxygen atoms in total. The Balaban J connectivity index is 1.69. The maximum atomic E-state index is 12.8. The first-order valence-electron chi connectivity index (χ1n) is 8.72. The SMILES string of the molecule is CCN(CC(=O)Nc1c(Cl)cccc1Cl)C(=O)C1Cc2ccccc2C(=O)O1. The number of nitrogens with one attached hydrogen (secondary N) is 1. The van der Waals surface area contributed by atoms with Crippen LogP contribution in [-0.2, 0) is 20.7 Å². The van der Waals surface area contributed by atoms with Crippen LogP contribution in [0.5, 0.6) is 0 Å². The number of anilines is 1. The molecule has 0 fully saturated rings. The highest BCUT2D eigenvalue weighted by Crippen LogP contribution is 2.29. The van der Waals surface area contributed by atoms with Gasteiger partial charge < -0.3 is 15.0 Å². The van der Waals surface area contributed by atoms with Gasteiger partial charge in [0.2, 0.25) is 5.91 Å². The summed E-state index contributed by atoms with van der Waals surface area (Å²) in [6.07, 6.45) is -0.686. The van der Waals surface area contributed by atoms with Crippen LogP contribution in [0.25, 0.3) is 0 Å². The van der Waals surface area contributed by atoms with E-state index in [1.807, 2.05) is 0 Å². The Labute approximate surface area is 172 Å². The van der Waals surface area contributed by atoms with Crippen molar-refractivity contribution < 1.29 is 19.1 Å². The van der Waals surface area contributed by atoms with Gasteiger partial charge in [0, 0.05) is 13.0 Å². The van der Waals surface area contributed by atoms with Crippen molar-refractivity contribution in [1.29, 1.82) is 0 Å². The van der Waals surface area contributed by atoms with Crippen LogP contribution in [0.4, 0.5) is 5.69 Å². The Hall–Kier alpha value is -2.57. The number of likely N-dealkylation sites (N-methyl/N-ethyl adjacent to an activating group) is 1. The zero-order valence-corrected chi connectivity index (χ0v) is 16.6. The van der Waals surface area contributed by atoms with Crippen molar-refractivity contribution in [3.8, 4) is 0 Å².